The summed E-state index contributed by atoms with van der Waals surface area (Å²) in [7, 11) is 0. The standard InChI is InChI=1S/C7H12N5OS/c14-7-8-9-10-12(7)2-1-11-3-5-13-6-4-11/h1-6H2. The summed E-state index contributed by atoms with van der Waals surface area (Å²) in [6.07, 6.45) is 0. The van der Waals surface area contributed by atoms with E-state index >= 15 is 0 Å². The van der Waals surface area contributed by atoms with Crippen molar-refractivity contribution in [3.05, 3.63) is 0 Å². The second kappa shape index (κ2) is 4.63. The molecule has 77 valence electrons. The third kappa shape index (κ3) is 2.37. The molecule has 2 heterocycles. The number of hydrogen-bond acceptors (Lipinski definition) is 5. The zero-order valence-electron chi connectivity index (χ0n) is 7.80. The van der Waals surface area contributed by atoms with Crippen molar-refractivity contribution in [3.63, 3.8) is 0 Å². The zero-order valence-corrected chi connectivity index (χ0v) is 8.61. The van der Waals surface area contributed by atoms with Crippen molar-refractivity contribution in [2.75, 3.05) is 32.8 Å². The molecule has 0 spiro atoms. The van der Waals surface area contributed by atoms with Crippen molar-refractivity contribution < 1.29 is 4.74 Å². The third-order valence-corrected chi connectivity index (χ3v) is 2.52. The van der Waals surface area contributed by atoms with Crippen LogP contribution < -0.4 is 0 Å². The molecular formula is C7H12N5OS. The maximum Gasteiger partial charge on any atom is 0.240 e. The number of morpholine rings is 1. The maximum atomic E-state index is 5.25. The summed E-state index contributed by atoms with van der Waals surface area (Å²) in [5.41, 5.74) is 0. The summed E-state index contributed by atoms with van der Waals surface area (Å²) in [5.74, 6) is 0. The minimum absolute atomic E-state index is 0.457. The maximum absolute atomic E-state index is 5.25. The highest BCUT2D eigenvalue weighted by molar-refractivity contribution is 7.80. The summed E-state index contributed by atoms with van der Waals surface area (Å²) in [6.45, 7) is 5.28. The summed E-state index contributed by atoms with van der Waals surface area (Å²) in [6, 6.07) is 0. The van der Waals surface area contributed by atoms with Crippen LogP contribution in [0.15, 0.2) is 5.16 Å². The first-order valence-electron chi connectivity index (χ1n) is 4.59. The van der Waals surface area contributed by atoms with E-state index in [1.807, 2.05) is 0 Å². The topological polar surface area (TPSA) is 56.1 Å². The van der Waals surface area contributed by atoms with E-state index in [9.17, 15) is 0 Å². The SMILES string of the molecule is [S]c1nnnn1CCN1CCOCC1. The highest BCUT2D eigenvalue weighted by atomic mass is 32.1. The molecule has 0 unspecified atom stereocenters. The molecule has 7 heteroatoms. The van der Waals surface area contributed by atoms with Crippen molar-refractivity contribution >= 4 is 12.6 Å². The van der Waals surface area contributed by atoms with Crippen LogP contribution in [0.3, 0.4) is 0 Å². The molecule has 0 N–H and O–H groups in total. The lowest BCUT2D eigenvalue weighted by atomic mass is 10.4. The first-order valence-corrected chi connectivity index (χ1v) is 5.00. The van der Waals surface area contributed by atoms with Crippen LogP contribution in [0, 0.1) is 0 Å². The molecule has 2 rings (SSSR count). The number of aromatic nitrogens is 4. The first kappa shape index (κ1) is 9.75. The molecule has 1 saturated heterocycles. The van der Waals surface area contributed by atoms with Crippen molar-refractivity contribution in [1.82, 2.24) is 25.1 Å². The molecule has 0 amide bonds. The molecule has 0 aromatic carbocycles. The highest BCUT2D eigenvalue weighted by Crippen LogP contribution is 2.00. The highest BCUT2D eigenvalue weighted by Gasteiger charge is 2.11. The second-order valence-corrected chi connectivity index (χ2v) is 3.50. The Morgan fingerprint density at radius 2 is 2.07 bits per heavy atom. The van der Waals surface area contributed by atoms with Gasteiger partial charge in [-0.15, -0.1) is 0 Å². The molecular weight excluding hydrogens is 202 g/mol. The fraction of sp³-hybridized carbons (Fsp3) is 0.857. The minimum Gasteiger partial charge on any atom is -0.379 e. The van der Waals surface area contributed by atoms with Gasteiger partial charge in [-0.1, -0.05) is 5.10 Å². The fourth-order valence-electron chi connectivity index (χ4n) is 1.40. The summed E-state index contributed by atoms with van der Waals surface area (Å²) >= 11 is 4.94. The number of tetrazole rings is 1. The predicted molar refractivity (Wildman–Crippen MR) is 50.9 cm³/mol. The fourth-order valence-corrected chi connectivity index (χ4v) is 1.56. The average Bonchev–Trinajstić information content (AvgIpc) is 2.63. The van der Waals surface area contributed by atoms with Crippen LogP contribution in [-0.4, -0.2) is 58.0 Å². The van der Waals surface area contributed by atoms with Gasteiger partial charge in [0.05, 0.1) is 19.8 Å². The molecule has 1 aliphatic heterocycles. The number of hydrogen-bond donors (Lipinski definition) is 0. The van der Waals surface area contributed by atoms with Crippen LogP contribution >= 0.6 is 12.6 Å². The van der Waals surface area contributed by atoms with Gasteiger partial charge in [-0.3, -0.25) is 4.90 Å². The molecule has 14 heavy (non-hydrogen) atoms. The largest absolute Gasteiger partial charge is 0.379 e. The van der Waals surface area contributed by atoms with Gasteiger partial charge in [0.1, 0.15) is 0 Å². The van der Waals surface area contributed by atoms with E-state index in [1.54, 1.807) is 4.68 Å². The molecule has 1 aromatic rings. The Hall–Kier alpha value is -0.790. The van der Waals surface area contributed by atoms with Gasteiger partial charge in [-0.25, -0.2) is 4.68 Å². The Labute approximate surface area is 87.6 Å². The minimum atomic E-state index is 0.457. The van der Waals surface area contributed by atoms with Crippen LogP contribution in [0.2, 0.25) is 0 Å². The smallest absolute Gasteiger partial charge is 0.240 e. The lowest BCUT2D eigenvalue weighted by molar-refractivity contribution is 0.0356. The number of ether oxygens (including phenoxy) is 1. The molecule has 1 aromatic heterocycles. The average molecular weight is 214 g/mol. The van der Waals surface area contributed by atoms with E-state index in [2.05, 4.69) is 20.4 Å². The zero-order chi connectivity index (χ0) is 9.80. The van der Waals surface area contributed by atoms with Crippen LogP contribution in [0.4, 0.5) is 0 Å². The summed E-state index contributed by atoms with van der Waals surface area (Å²) in [5, 5.41) is 11.4. The lowest BCUT2D eigenvalue weighted by Crippen LogP contribution is -2.38. The van der Waals surface area contributed by atoms with Gasteiger partial charge in [0.15, 0.2) is 0 Å². The summed E-state index contributed by atoms with van der Waals surface area (Å²) < 4.78 is 6.89. The van der Waals surface area contributed by atoms with Crippen LogP contribution in [0.25, 0.3) is 0 Å². The van der Waals surface area contributed by atoms with Gasteiger partial charge in [-0.05, 0) is 23.1 Å². The summed E-state index contributed by atoms with van der Waals surface area (Å²) in [4.78, 5) is 2.32. The Morgan fingerprint density at radius 1 is 1.29 bits per heavy atom. The molecule has 1 radical (unpaired) electrons. The Balaban J connectivity index is 1.79. The second-order valence-electron chi connectivity index (χ2n) is 3.14. The Bertz CT molecular complexity index is 285. The van der Waals surface area contributed by atoms with Gasteiger partial charge >= 0.3 is 0 Å². The Kier molecular flexibility index (Phi) is 3.22. The molecule has 0 bridgehead atoms. The van der Waals surface area contributed by atoms with E-state index in [0.717, 1.165) is 39.4 Å². The van der Waals surface area contributed by atoms with E-state index < -0.39 is 0 Å². The molecule has 6 nitrogen and oxygen atoms in total. The van der Waals surface area contributed by atoms with Gasteiger partial charge in [0.25, 0.3) is 0 Å². The van der Waals surface area contributed by atoms with Crippen molar-refractivity contribution in [1.29, 1.82) is 0 Å². The first-order chi connectivity index (χ1) is 6.86. The molecule has 0 aliphatic carbocycles. The van der Waals surface area contributed by atoms with E-state index in [4.69, 9.17) is 17.4 Å². The number of nitrogens with zero attached hydrogens (tertiary/aromatic N) is 5. The monoisotopic (exact) mass is 214 g/mol. The van der Waals surface area contributed by atoms with E-state index in [1.165, 1.54) is 0 Å². The molecule has 1 aliphatic rings. The van der Waals surface area contributed by atoms with Crippen molar-refractivity contribution in [2.45, 2.75) is 11.7 Å². The predicted octanol–water partition coefficient (Wildman–Crippen LogP) is -0.438. The van der Waals surface area contributed by atoms with Crippen LogP contribution in [0.5, 0.6) is 0 Å². The van der Waals surface area contributed by atoms with Crippen molar-refractivity contribution in [2.24, 2.45) is 0 Å². The quantitative estimate of drug-likeness (QED) is 0.683. The number of rotatable bonds is 3. The molecule has 1 fully saturated rings. The Morgan fingerprint density at radius 3 is 2.71 bits per heavy atom. The van der Waals surface area contributed by atoms with Crippen LogP contribution in [0.1, 0.15) is 0 Å². The van der Waals surface area contributed by atoms with E-state index in [0.29, 0.717) is 5.16 Å². The van der Waals surface area contributed by atoms with Gasteiger partial charge in [0, 0.05) is 19.6 Å². The van der Waals surface area contributed by atoms with Gasteiger partial charge in [-0.2, -0.15) is 0 Å². The molecule has 0 saturated carbocycles. The van der Waals surface area contributed by atoms with E-state index in [-0.39, 0.29) is 0 Å². The third-order valence-electron chi connectivity index (χ3n) is 2.23. The van der Waals surface area contributed by atoms with Crippen LogP contribution in [-0.2, 0) is 11.3 Å². The van der Waals surface area contributed by atoms with Gasteiger partial charge < -0.3 is 4.74 Å². The van der Waals surface area contributed by atoms with Crippen molar-refractivity contribution in [3.8, 4) is 0 Å². The normalized spacial score (nSPS) is 18.6. The lowest BCUT2D eigenvalue weighted by Gasteiger charge is -2.26. The van der Waals surface area contributed by atoms with Gasteiger partial charge in [0.2, 0.25) is 5.16 Å². The molecule has 0 atom stereocenters.